The van der Waals surface area contributed by atoms with Crippen LogP contribution in [0.4, 0.5) is 0 Å². The number of rotatable bonds is 0. The predicted octanol–water partition coefficient (Wildman–Crippen LogP) is -0.590. The Hall–Kier alpha value is -1.23. The normalized spacial score (nSPS) is 33.5. The Morgan fingerprint density at radius 3 is 2.92 bits per heavy atom. The summed E-state index contributed by atoms with van der Waals surface area (Å²) in [5.74, 6) is -0.291. The number of fused-ring (bicyclic) bond motifs is 1. The van der Waals surface area contributed by atoms with Gasteiger partial charge in [0.25, 0.3) is 5.91 Å². The van der Waals surface area contributed by atoms with Crippen molar-refractivity contribution in [2.45, 2.75) is 25.3 Å². The molecule has 1 aliphatic carbocycles. The van der Waals surface area contributed by atoms with Crippen LogP contribution in [0.2, 0.25) is 0 Å². The van der Waals surface area contributed by atoms with Crippen LogP contribution in [-0.2, 0) is 4.79 Å². The van der Waals surface area contributed by atoms with E-state index < -0.39 is 0 Å². The van der Waals surface area contributed by atoms with Crippen molar-refractivity contribution in [2.75, 3.05) is 0 Å². The van der Waals surface area contributed by atoms with Crippen LogP contribution >= 0.6 is 0 Å². The summed E-state index contributed by atoms with van der Waals surface area (Å²) in [7, 11) is 0. The average molecular weight is 180 g/mol. The van der Waals surface area contributed by atoms with Crippen molar-refractivity contribution in [1.82, 2.24) is 0 Å². The lowest BCUT2D eigenvalue weighted by Crippen LogP contribution is -2.40. The lowest BCUT2D eigenvalue weighted by molar-refractivity contribution is -0.120. The Bertz CT molecular complexity index is 307. The molecule has 0 radical (unpaired) electrons. The van der Waals surface area contributed by atoms with Crippen molar-refractivity contribution in [3.05, 3.63) is 0 Å². The van der Waals surface area contributed by atoms with Crippen molar-refractivity contribution >= 4 is 17.6 Å². The Morgan fingerprint density at radius 1 is 1.38 bits per heavy atom. The molecule has 70 valence electrons. The Morgan fingerprint density at radius 2 is 2.15 bits per heavy atom. The van der Waals surface area contributed by atoms with Crippen LogP contribution < -0.4 is 11.5 Å². The largest absolute Gasteiger partial charge is 0.368 e. The molecule has 0 aromatic rings. The zero-order valence-electron chi connectivity index (χ0n) is 7.23. The van der Waals surface area contributed by atoms with Crippen LogP contribution in [-0.4, -0.2) is 23.6 Å². The van der Waals surface area contributed by atoms with Crippen LogP contribution in [0.3, 0.4) is 0 Å². The monoisotopic (exact) mass is 180 g/mol. The molecule has 0 aromatic carbocycles. The molecular weight excluding hydrogens is 168 g/mol. The van der Waals surface area contributed by atoms with E-state index >= 15 is 0 Å². The Balaban J connectivity index is 2.26. The zero-order chi connectivity index (χ0) is 9.42. The molecule has 1 saturated carbocycles. The second kappa shape index (κ2) is 2.92. The third-order valence-corrected chi connectivity index (χ3v) is 2.49. The molecule has 5 nitrogen and oxygen atoms in total. The lowest BCUT2D eigenvalue weighted by Gasteiger charge is -2.27. The first-order valence-electron chi connectivity index (χ1n) is 4.38. The molecule has 2 rings (SSSR count). The molecule has 2 aliphatic rings. The fourth-order valence-electron chi connectivity index (χ4n) is 1.80. The molecule has 2 atom stereocenters. The maximum atomic E-state index is 11.4. The van der Waals surface area contributed by atoms with Crippen LogP contribution in [0.1, 0.15) is 19.3 Å². The molecule has 4 N–H and O–H groups in total. The van der Waals surface area contributed by atoms with Crippen LogP contribution in [0.5, 0.6) is 0 Å². The molecule has 1 aliphatic heterocycles. The van der Waals surface area contributed by atoms with Gasteiger partial charge >= 0.3 is 0 Å². The van der Waals surface area contributed by atoms with Gasteiger partial charge in [-0.1, -0.05) is 0 Å². The highest BCUT2D eigenvalue weighted by Crippen LogP contribution is 2.24. The summed E-state index contributed by atoms with van der Waals surface area (Å²) >= 11 is 0. The number of hydrogen-bond donors (Lipinski definition) is 2. The summed E-state index contributed by atoms with van der Waals surface area (Å²) in [4.78, 5) is 19.1. The van der Waals surface area contributed by atoms with Gasteiger partial charge in [0.05, 0.1) is 5.92 Å². The highest BCUT2D eigenvalue weighted by molar-refractivity contribution is 6.15. The minimum absolute atomic E-state index is 0.0896. The molecule has 0 spiro atoms. The van der Waals surface area contributed by atoms with Crippen LogP contribution in [0.25, 0.3) is 0 Å². The van der Waals surface area contributed by atoms with E-state index in [9.17, 15) is 4.79 Å². The van der Waals surface area contributed by atoms with Crippen molar-refractivity contribution in [3.63, 3.8) is 0 Å². The fraction of sp³-hybridized carbons (Fsp3) is 0.625. The number of guanidine groups is 1. The van der Waals surface area contributed by atoms with E-state index in [4.69, 9.17) is 11.5 Å². The van der Waals surface area contributed by atoms with Crippen molar-refractivity contribution < 1.29 is 4.79 Å². The van der Waals surface area contributed by atoms with E-state index in [0.29, 0.717) is 6.42 Å². The molecule has 5 heteroatoms. The van der Waals surface area contributed by atoms with Gasteiger partial charge in [0.2, 0.25) is 5.96 Å². The van der Waals surface area contributed by atoms with Gasteiger partial charge < -0.3 is 11.5 Å². The summed E-state index contributed by atoms with van der Waals surface area (Å²) < 4.78 is 0. The van der Waals surface area contributed by atoms with E-state index in [0.717, 1.165) is 18.6 Å². The molecule has 0 aromatic heterocycles. The number of nitrogens with two attached hydrogens (primary N) is 2. The van der Waals surface area contributed by atoms with Crippen molar-refractivity contribution in [1.29, 1.82) is 0 Å². The van der Waals surface area contributed by atoms with E-state index in [1.165, 1.54) is 0 Å². The first-order chi connectivity index (χ1) is 6.16. The van der Waals surface area contributed by atoms with Gasteiger partial charge in [0, 0.05) is 11.8 Å². The van der Waals surface area contributed by atoms with Gasteiger partial charge in [0.1, 0.15) is 0 Å². The Kier molecular flexibility index (Phi) is 1.88. The van der Waals surface area contributed by atoms with Gasteiger partial charge in [-0.05, 0) is 19.3 Å². The minimum Gasteiger partial charge on any atom is -0.368 e. The van der Waals surface area contributed by atoms with Gasteiger partial charge in [-0.2, -0.15) is 4.99 Å². The molecule has 2 unspecified atom stereocenters. The molecule has 1 fully saturated rings. The number of hydrogen-bond acceptors (Lipinski definition) is 4. The van der Waals surface area contributed by atoms with Gasteiger partial charge in [0.15, 0.2) is 0 Å². The SMILES string of the molecule is NC1=NC(=O)C2CC(N)CCC2=N1. The maximum Gasteiger partial charge on any atom is 0.257 e. The second-order valence-electron chi connectivity index (χ2n) is 3.50. The lowest BCUT2D eigenvalue weighted by atomic mass is 9.83. The summed E-state index contributed by atoms with van der Waals surface area (Å²) in [5, 5.41) is 0. The summed E-state index contributed by atoms with van der Waals surface area (Å²) in [6.45, 7) is 0. The number of aliphatic imine (C=N–C) groups is 2. The molecule has 1 amide bonds. The van der Waals surface area contributed by atoms with Crippen molar-refractivity contribution in [2.24, 2.45) is 27.4 Å². The maximum absolute atomic E-state index is 11.4. The highest BCUT2D eigenvalue weighted by Gasteiger charge is 2.33. The van der Waals surface area contributed by atoms with E-state index in [-0.39, 0.29) is 23.8 Å². The first kappa shape index (κ1) is 8.37. The molecule has 0 saturated heterocycles. The average Bonchev–Trinajstić information content (AvgIpc) is 2.06. The summed E-state index contributed by atoms with van der Waals surface area (Å²) in [6.07, 6.45) is 2.32. The fourth-order valence-corrected chi connectivity index (χ4v) is 1.80. The standard InChI is InChI=1S/C8H12N4O/c9-4-1-2-6-5(3-4)7(13)12-8(10)11-6/h4-5H,1-3,9H2,(H2,10,12,13). The van der Waals surface area contributed by atoms with E-state index in [1.54, 1.807) is 0 Å². The quantitative estimate of drug-likeness (QED) is 0.521. The smallest absolute Gasteiger partial charge is 0.257 e. The molecular formula is C8H12N4O. The third kappa shape index (κ3) is 1.47. The summed E-state index contributed by atoms with van der Waals surface area (Å²) in [5.41, 5.74) is 12.0. The topological polar surface area (TPSA) is 93.8 Å². The number of carbonyl (C=O) groups is 1. The molecule has 13 heavy (non-hydrogen) atoms. The minimum atomic E-state index is -0.198. The highest BCUT2D eigenvalue weighted by atomic mass is 16.1. The van der Waals surface area contributed by atoms with Gasteiger partial charge in [-0.25, -0.2) is 4.99 Å². The number of amides is 1. The molecule has 1 heterocycles. The molecule has 0 bridgehead atoms. The van der Waals surface area contributed by atoms with Gasteiger partial charge in [-0.15, -0.1) is 0 Å². The van der Waals surface area contributed by atoms with Gasteiger partial charge in [-0.3, -0.25) is 4.79 Å². The first-order valence-corrected chi connectivity index (χ1v) is 4.38. The van der Waals surface area contributed by atoms with Crippen LogP contribution in [0, 0.1) is 5.92 Å². The zero-order valence-corrected chi connectivity index (χ0v) is 7.23. The predicted molar refractivity (Wildman–Crippen MR) is 49.4 cm³/mol. The number of carbonyl (C=O) groups excluding carboxylic acids is 1. The van der Waals surface area contributed by atoms with Crippen LogP contribution in [0.15, 0.2) is 9.98 Å². The summed E-state index contributed by atoms with van der Waals surface area (Å²) in [6, 6.07) is 0.0995. The van der Waals surface area contributed by atoms with Crippen molar-refractivity contribution in [3.8, 4) is 0 Å². The van der Waals surface area contributed by atoms with E-state index in [1.807, 2.05) is 0 Å². The second-order valence-corrected chi connectivity index (χ2v) is 3.50. The Labute approximate surface area is 75.9 Å². The number of nitrogens with zero attached hydrogens (tertiary/aromatic N) is 2. The third-order valence-electron chi connectivity index (χ3n) is 2.49. The van der Waals surface area contributed by atoms with E-state index in [2.05, 4.69) is 9.98 Å².